The van der Waals surface area contributed by atoms with Gasteiger partial charge in [-0.25, -0.2) is 0 Å². The van der Waals surface area contributed by atoms with Crippen molar-refractivity contribution in [2.24, 2.45) is 0 Å². The summed E-state index contributed by atoms with van der Waals surface area (Å²) in [6.07, 6.45) is 2.19. The lowest BCUT2D eigenvalue weighted by molar-refractivity contribution is -0.118. The van der Waals surface area contributed by atoms with Gasteiger partial charge in [0.05, 0.1) is 6.42 Å². The summed E-state index contributed by atoms with van der Waals surface area (Å²) in [4.78, 5) is 11.0. The third-order valence-electron chi connectivity index (χ3n) is 2.46. The minimum Gasteiger partial charge on any atom is -0.380 e. The van der Waals surface area contributed by atoms with Gasteiger partial charge in [-0.05, 0) is 12.5 Å². The van der Waals surface area contributed by atoms with Crippen molar-refractivity contribution in [1.82, 2.24) is 10.6 Å². The smallest absolute Gasteiger partial charge is 0.229 e. The van der Waals surface area contributed by atoms with E-state index >= 15 is 0 Å². The molecule has 0 aromatic heterocycles. The van der Waals surface area contributed by atoms with E-state index in [0.717, 1.165) is 5.70 Å². The predicted molar refractivity (Wildman–Crippen MR) is 58.8 cm³/mol. The first-order valence-electron chi connectivity index (χ1n) is 5.05. The average molecular weight is 202 g/mol. The molecule has 0 bridgehead atoms. The highest BCUT2D eigenvalue weighted by molar-refractivity contribution is 5.82. The van der Waals surface area contributed by atoms with Crippen LogP contribution in [-0.4, -0.2) is 5.91 Å². The number of benzene rings is 1. The van der Waals surface area contributed by atoms with E-state index in [2.05, 4.69) is 29.7 Å². The zero-order valence-corrected chi connectivity index (χ0v) is 8.66. The Morgan fingerprint density at radius 1 is 1.33 bits per heavy atom. The molecule has 0 saturated carbocycles. The summed E-state index contributed by atoms with van der Waals surface area (Å²) in [5.41, 5.74) is 2.18. The van der Waals surface area contributed by atoms with E-state index in [1.165, 1.54) is 5.56 Å². The first-order valence-corrected chi connectivity index (χ1v) is 5.05. The first kappa shape index (κ1) is 9.77. The number of carbonyl (C=O) groups is 1. The van der Waals surface area contributed by atoms with E-state index in [4.69, 9.17) is 0 Å². The summed E-state index contributed by atoms with van der Waals surface area (Å²) < 4.78 is 0. The number of nitrogens with one attached hydrogen (secondary N) is 2. The van der Waals surface area contributed by atoms with Gasteiger partial charge in [0.25, 0.3) is 0 Å². The van der Waals surface area contributed by atoms with Crippen molar-refractivity contribution in [3.8, 4) is 0 Å². The van der Waals surface area contributed by atoms with Crippen LogP contribution in [0.25, 0.3) is 0 Å². The molecule has 3 nitrogen and oxygen atoms in total. The number of hydrogen-bond acceptors (Lipinski definition) is 2. The second kappa shape index (κ2) is 4.17. The lowest BCUT2D eigenvalue weighted by Crippen LogP contribution is -2.17. The molecule has 1 aromatic rings. The summed E-state index contributed by atoms with van der Waals surface area (Å²) in [5.74, 6) is 0.0535. The highest BCUT2D eigenvalue weighted by Crippen LogP contribution is 2.15. The van der Waals surface area contributed by atoms with Crippen LogP contribution in [-0.2, 0) is 4.79 Å². The van der Waals surface area contributed by atoms with Crippen molar-refractivity contribution in [1.29, 1.82) is 0 Å². The Morgan fingerprint density at radius 3 is 2.67 bits per heavy atom. The van der Waals surface area contributed by atoms with Crippen molar-refractivity contribution < 1.29 is 4.79 Å². The molecule has 2 rings (SSSR count). The van der Waals surface area contributed by atoms with Crippen LogP contribution in [0.5, 0.6) is 0 Å². The third kappa shape index (κ3) is 2.37. The molecule has 1 aliphatic rings. The maximum absolute atomic E-state index is 11.0. The fraction of sp³-hybridized carbons (Fsp3) is 0.250. The van der Waals surface area contributed by atoms with Gasteiger partial charge in [0.2, 0.25) is 5.91 Å². The molecule has 1 heterocycles. The third-order valence-corrected chi connectivity index (χ3v) is 2.46. The molecular formula is C12H14N2O. The number of hydrogen-bond donors (Lipinski definition) is 2. The van der Waals surface area contributed by atoms with Gasteiger partial charge in [-0.1, -0.05) is 30.3 Å². The Morgan fingerprint density at radius 2 is 2.07 bits per heavy atom. The van der Waals surface area contributed by atoms with Gasteiger partial charge in [-0.2, -0.15) is 0 Å². The van der Waals surface area contributed by atoms with Crippen molar-refractivity contribution in [3.05, 3.63) is 47.8 Å². The van der Waals surface area contributed by atoms with Crippen molar-refractivity contribution in [2.45, 2.75) is 19.4 Å². The predicted octanol–water partition coefficient (Wildman–Crippen LogP) is 1.70. The van der Waals surface area contributed by atoms with Crippen molar-refractivity contribution >= 4 is 5.91 Å². The molecule has 1 aliphatic heterocycles. The SMILES string of the molecule is CC(NC1=CNC(=O)C1)c1ccccc1. The molecule has 0 saturated heterocycles. The van der Waals surface area contributed by atoms with Crippen LogP contribution in [0.15, 0.2) is 42.2 Å². The zero-order chi connectivity index (χ0) is 10.7. The molecule has 0 aliphatic carbocycles. The molecular weight excluding hydrogens is 188 g/mol. The van der Waals surface area contributed by atoms with E-state index in [9.17, 15) is 4.79 Å². The van der Waals surface area contributed by atoms with E-state index in [1.807, 2.05) is 18.2 Å². The van der Waals surface area contributed by atoms with Crippen LogP contribution in [0.1, 0.15) is 24.9 Å². The molecule has 3 heteroatoms. The largest absolute Gasteiger partial charge is 0.380 e. The maximum atomic E-state index is 11.0. The van der Waals surface area contributed by atoms with Crippen LogP contribution in [0.3, 0.4) is 0 Å². The van der Waals surface area contributed by atoms with Crippen molar-refractivity contribution in [3.63, 3.8) is 0 Å². The van der Waals surface area contributed by atoms with Gasteiger partial charge < -0.3 is 10.6 Å². The van der Waals surface area contributed by atoms with E-state index in [1.54, 1.807) is 6.20 Å². The number of amides is 1. The minimum atomic E-state index is 0.0535. The second-order valence-corrected chi connectivity index (χ2v) is 3.69. The number of rotatable bonds is 3. The molecule has 78 valence electrons. The molecule has 1 amide bonds. The van der Waals surface area contributed by atoms with Crippen LogP contribution >= 0.6 is 0 Å². The van der Waals surface area contributed by atoms with Gasteiger partial charge in [0, 0.05) is 17.9 Å². The molecule has 15 heavy (non-hydrogen) atoms. The van der Waals surface area contributed by atoms with E-state index in [0.29, 0.717) is 6.42 Å². The Labute approximate surface area is 89.2 Å². The summed E-state index contributed by atoms with van der Waals surface area (Å²) in [5, 5.41) is 5.97. The molecule has 0 radical (unpaired) electrons. The topological polar surface area (TPSA) is 41.1 Å². The van der Waals surface area contributed by atoms with Crippen LogP contribution in [0, 0.1) is 0 Å². The standard InChI is InChI=1S/C12H14N2O/c1-9(10-5-3-2-4-6-10)14-11-7-12(15)13-8-11/h2-6,8-9,14H,7H2,1H3,(H,13,15). The highest BCUT2D eigenvalue weighted by Gasteiger charge is 2.14. The number of carbonyl (C=O) groups excluding carboxylic acids is 1. The van der Waals surface area contributed by atoms with Gasteiger partial charge in [-0.3, -0.25) is 4.79 Å². The van der Waals surface area contributed by atoms with Crippen LogP contribution in [0.4, 0.5) is 0 Å². The molecule has 1 aromatic carbocycles. The van der Waals surface area contributed by atoms with Gasteiger partial charge in [-0.15, -0.1) is 0 Å². The van der Waals surface area contributed by atoms with Gasteiger partial charge in [0.15, 0.2) is 0 Å². The van der Waals surface area contributed by atoms with Crippen LogP contribution in [0.2, 0.25) is 0 Å². The monoisotopic (exact) mass is 202 g/mol. The van der Waals surface area contributed by atoms with Crippen LogP contribution < -0.4 is 10.6 Å². The van der Waals surface area contributed by atoms with E-state index < -0.39 is 0 Å². The zero-order valence-electron chi connectivity index (χ0n) is 8.66. The second-order valence-electron chi connectivity index (χ2n) is 3.69. The van der Waals surface area contributed by atoms with E-state index in [-0.39, 0.29) is 11.9 Å². The molecule has 2 N–H and O–H groups in total. The summed E-state index contributed by atoms with van der Waals surface area (Å²) >= 11 is 0. The average Bonchev–Trinajstić information content (AvgIpc) is 2.65. The summed E-state index contributed by atoms with van der Waals surface area (Å²) in [6, 6.07) is 10.4. The molecule has 0 spiro atoms. The molecule has 0 fully saturated rings. The fourth-order valence-electron chi connectivity index (χ4n) is 1.64. The molecule has 1 unspecified atom stereocenters. The lowest BCUT2D eigenvalue weighted by Gasteiger charge is -2.15. The first-order chi connectivity index (χ1) is 7.25. The quantitative estimate of drug-likeness (QED) is 0.783. The van der Waals surface area contributed by atoms with Crippen molar-refractivity contribution in [2.75, 3.05) is 0 Å². The Hall–Kier alpha value is -1.77. The normalized spacial score (nSPS) is 16.9. The Kier molecular flexibility index (Phi) is 2.72. The van der Waals surface area contributed by atoms with Gasteiger partial charge >= 0.3 is 0 Å². The fourth-order valence-corrected chi connectivity index (χ4v) is 1.64. The Balaban J connectivity index is 1.99. The Bertz CT molecular complexity index is 384. The maximum Gasteiger partial charge on any atom is 0.229 e. The summed E-state index contributed by atoms with van der Waals surface area (Å²) in [6.45, 7) is 2.08. The molecule has 1 atom stereocenters. The van der Waals surface area contributed by atoms with Gasteiger partial charge in [0.1, 0.15) is 0 Å². The lowest BCUT2D eigenvalue weighted by atomic mass is 10.1. The summed E-state index contributed by atoms with van der Waals surface area (Å²) in [7, 11) is 0. The highest BCUT2D eigenvalue weighted by atomic mass is 16.1. The minimum absolute atomic E-state index is 0.0535.